The number of rotatable bonds is 9. The highest BCUT2D eigenvalue weighted by molar-refractivity contribution is 7.92. The molecule has 0 aromatic heterocycles. The standard InChI is InChI=1S/C24H24F2N2O4S/c1-17(18-7-9-20(25)10-8-18)27-24(29)16-32-22-13-11-21(12-14-22)28(33(2,30)31)15-19-5-3-4-6-23(19)26/h3-14,17H,15-16H2,1-2H3,(H,27,29). The Morgan fingerprint density at radius 3 is 2.24 bits per heavy atom. The fourth-order valence-electron chi connectivity index (χ4n) is 3.16. The highest BCUT2D eigenvalue weighted by Gasteiger charge is 2.19. The van der Waals surface area contributed by atoms with Gasteiger partial charge in [-0.3, -0.25) is 9.10 Å². The van der Waals surface area contributed by atoms with Crippen LogP contribution in [0.1, 0.15) is 24.1 Å². The van der Waals surface area contributed by atoms with Crippen molar-refractivity contribution in [2.75, 3.05) is 17.2 Å². The van der Waals surface area contributed by atoms with Crippen LogP contribution < -0.4 is 14.4 Å². The van der Waals surface area contributed by atoms with E-state index in [9.17, 15) is 22.0 Å². The zero-order valence-corrected chi connectivity index (χ0v) is 19.0. The van der Waals surface area contributed by atoms with Crippen LogP contribution in [0.15, 0.2) is 72.8 Å². The lowest BCUT2D eigenvalue weighted by molar-refractivity contribution is -0.123. The fourth-order valence-corrected chi connectivity index (χ4v) is 4.04. The molecule has 1 unspecified atom stereocenters. The molecule has 9 heteroatoms. The predicted octanol–water partition coefficient (Wildman–Crippen LogP) is 4.19. The molecule has 33 heavy (non-hydrogen) atoms. The summed E-state index contributed by atoms with van der Waals surface area (Å²) in [7, 11) is -3.68. The molecule has 3 rings (SSSR count). The summed E-state index contributed by atoms with van der Waals surface area (Å²) in [5.41, 5.74) is 1.34. The van der Waals surface area contributed by atoms with Gasteiger partial charge in [0.1, 0.15) is 17.4 Å². The monoisotopic (exact) mass is 474 g/mol. The van der Waals surface area contributed by atoms with Gasteiger partial charge >= 0.3 is 0 Å². The number of hydrogen-bond donors (Lipinski definition) is 1. The molecule has 0 aliphatic rings. The number of nitrogens with zero attached hydrogens (tertiary/aromatic N) is 1. The van der Waals surface area contributed by atoms with E-state index in [2.05, 4.69) is 5.32 Å². The van der Waals surface area contributed by atoms with Crippen molar-refractivity contribution >= 4 is 21.6 Å². The first-order valence-corrected chi connectivity index (χ1v) is 12.0. The van der Waals surface area contributed by atoms with E-state index in [4.69, 9.17) is 4.74 Å². The van der Waals surface area contributed by atoms with Crippen molar-refractivity contribution < 1.29 is 26.7 Å². The van der Waals surface area contributed by atoms with Gasteiger partial charge < -0.3 is 10.1 Å². The van der Waals surface area contributed by atoms with Crippen LogP contribution in [-0.2, 0) is 21.4 Å². The molecule has 0 spiro atoms. The van der Waals surface area contributed by atoms with Crippen molar-refractivity contribution in [2.45, 2.75) is 19.5 Å². The summed E-state index contributed by atoms with van der Waals surface area (Å²) < 4.78 is 58.2. The molecule has 1 atom stereocenters. The summed E-state index contributed by atoms with van der Waals surface area (Å²) in [4.78, 5) is 12.2. The van der Waals surface area contributed by atoms with Crippen LogP contribution in [0.25, 0.3) is 0 Å². The molecule has 6 nitrogen and oxygen atoms in total. The SMILES string of the molecule is CC(NC(=O)COc1ccc(N(Cc2ccccc2F)S(C)(=O)=O)cc1)c1ccc(F)cc1. The maximum Gasteiger partial charge on any atom is 0.258 e. The molecule has 0 saturated heterocycles. The largest absolute Gasteiger partial charge is 0.484 e. The summed E-state index contributed by atoms with van der Waals surface area (Å²) in [5, 5.41) is 2.76. The highest BCUT2D eigenvalue weighted by Crippen LogP contribution is 2.24. The van der Waals surface area contributed by atoms with Crippen LogP contribution in [0.5, 0.6) is 5.75 Å². The summed E-state index contributed by atoms with van der Waals surface area (Å²) in [6, 6.07) is 17.6. The molecule has 0 heterocycles. The number of nitrogens with one attached hydrogen (secondary N) is 1. The Labute approximate surface area is 191 Å². The van der Waals surface area contributed by atoms with Crippen molar-refractivity contribution in [2.24, 2.45) is 0 Å². The van der Waals surface area contributed by atoms with Crippen LogP contribution in [-0.4, -0.2) is 27.2 Å². The number of anilines is 1. The Morgan fingerprint density at radius 2 is 1.64 bits per heavy atom. The molecule has 3 aromatic rings. The van der Waals surface area contributed by atoms with E-state index >= 15 is 0 Å². The number of amides is 1. The maximum absolute atomic E-state index is 14.0. The van der Waals surface area contributed by atoms with E-state index in [-0.39, 0.29) is 36.5 Å². The van der Waals surface area contributed by atoms with Gasteiger partial charge in [0, 0.05) is 5.56 Å². The minimum atomic E-state index is -3.68. The zero-order valence-electron chi connectivity index (χ0n) is 18.2. The molecule has 1 N–H and O–H groups in total. The van der Waals surface area contributed by atoms with Crippen molar-refractivity contribution in [3.63, 3.8) is 0 Å². The molecule has 0 bridgehead atoms. The fraction of sp³-hybridized carbons (Fsp3) is 0.208. The number of benzene rings is 3. The molecule has 3 aromatic carbocycles. The van der Waals surface area contributed by atoms with Crippen molar-refractivity contribution in [3.05, 3.63) is 95.6 Å². The lowest BCUT2D eigenvalue weighted by Gasteiger charge is -2.23. The zero-order chi connectivity index (χ0) is 24.0. The van der Waals surface area contributed by atoms with E-state index in [1.807, 2.05) is 0 Å². The smallest absolute Gasteiger partial charge is 0.258 e. The summed E-state index contributed by atoms with van der Waals surface area (Å²) >= 11 is 0. The molecule has 1 amide bonds. The van der Waals surface area contributed by atoms with Gasteiger partial charge in [-0.05, 0) is 55.0 Å². The minimum Gasteiger partial charge on any atom is -0.484 e. The number of carbonyl (C=O) groups excluding carboxylic acids is 1. The molecule has 0 fully saturated rings. The van der Waals surface area contributed by atoms with Gasteiger partial charge in [-0.15, -0.1) is 0 Å². The summed E-state index contributed by atoms with van der Waals surface area (Å²) in [5.74, 6) is -0.852. The van der Waals surface area contributed by atoms with Crippen LogP contribution in [0, 0.1) is 11.6 Å². The van der Waals surface area contributed by atoms with E-state index < -0.39 is 15.8 Å². The lowest BCUT2D eigenvalue weighted by Crippen LogP contribution is -2.31. The second kappa shape index (κ2) is 10.4. The van der Waals surface area contributed by atoms with E-state index in [1.165, 1.54) is 54.6 Å². The average Bonchev–Trinajstić information content (AvgIpc) is 2.77. The number of halogens is 2. The van der Waals surface area contributed by atoms with Crippen LogP contribution >= 0.6 is 0 Å². The Hall–Kier alpha value is -3.46. The first-order chi connectivity index (χ1) is 15.6. The Balaban J connectivity index is 1.61. The Morgan fingerprint density at radius 1 is 1.00 bits per heavy atom. The molecule has 0 aliphatic heterocycles. The third kappa shape index (κ3) is 6.76. The molecular weight excluding hydrogens is 450 g/mol. The maximum atomic E-state index is 14.0. The van der Waals surface area contributed by atoms with E-state index in [0.29, 0.717) is 11.4 Å². The Bertz CT molecular complexity index is 1200. The quantitative estimate of drug-likeness (QED) is 0.505. The van der Waals surface area contributed by atoms with Crippen molar-refractivity contribution in [1.82, 2.24) is 5.32 Å². The number of carbonyl (C=O) groups is 1. The second-order valence-corrected chi connectivity index (χ2v) is 9.39. The van der Waals surface area contributed by atoms with Gasteiger partial charge in [-0.25, -0.2) is 17.2 Å². The first-order valence-electron chi connectivity index (χ1n) is 10.1. The van der Waals surface area contributed by atoms with Crippen molar-refractivity contribution in [1.29, 1.82) is 0 Å². The highest BCUT2D eigenvalue weighted by atomic mass is 32.2. The predicted molar refractivity (Wildman–Crippen MR) is 122 cm³/mol. The number of ether oxygens (including phenoxy) is 1. The van der Waals surface area contributed by atoms with E-state index in [0.717, 1.165) is 16.1 Å². The lowest BCUT2D eigenvalue weighted by atomic mass is 10.1. The van der Waals surface area contributed by atoms with Crippen LogP contribution in [0.2, 0.25) is 0 Å². The van der Waals surface area contributed by atoms with Gasteiger partial charge in [0.05, 0.1) is 24.5 Å². The number of hydrogen-bond acceptors (Lipinski definition) is 4. The normalized spacial score (nSPS) is 12.1. The van der Waals surface area contributed by atoms with Gasteiger partial charge in [0.2, 0.25) is 10.0 Å². The third-order valence-electron chi connectivity index (χ3n) is 4.91. The summed E-state index contributed by atoms with van der Waals surface area (Å²) in [6.45, 7) is 1.36. The molecule has 0 radical (unpaired) electrons. The molecule has 174 valence electrons. The summed E-state index contributed by atoms with van der Waals surface area (Å²) in [6.07, 6.45) is 1.05. The van der Waals surface area contributed by atoms with E-state index in [1.54, 1.807) is 25.1 Å². The Kier molecular flexibility index (Phi) is 7.65. The third-order valence-corrected chi connectivity index (χ3v) is 6.05. The van der Waals surface area contributed by atoms with Gasteiger partial charge in [0.15, 0.2) is 6.61 Å². The molecule has 0 saturated carbocycles. The van der Waals surface area contributed by atoms with Crippen LogP contribution in [0.4, 0.5) is 14.5 Å². The van der Waals surface area contributed by atoms with Gasteiger partial charge in [0.25, 0.3) is 5.91 Å². The van der Waals surface area contributed by atoms with Crippen molar-refractivity contribution in [3.8, 4) is 5.75 Å². The van der Waals surface area contributed by atoms with Gasteiger partial charge in [-0.2, -0.15) is 0 Å². The van der Waals surface area contributed by atoms with Gasteiger partial charge in [-0.1, -0.05) is 30.3 Å². The average molecular weight is 475 g/mol. The first kappa shape index (κ1) is 24.2. The number of sulfonamides is 1. The minimum absolute atomic E-state index is 0.157. The topological polar surface area (TPSA) is 75.7 Å². The molecular formula is C24H24F2N2O4S. The second-order valence-electron chi connectivity index (χ2n) is 7.48. The van der Waals surface area contributed by atoms with Crippen LogP contribution in [0.3, 0.4) is 0 Å². The molecule has 0 aliphatic carbocycles.